The molecule has 0 spiro atoms. The highest BCUT2D eigenvalue weighted by Gasteiger charge is 2.22. The van der Waals surface area contributed by atoms with Crippen molar-refractivity contribution in [2.45, 2.75) is 27.7 Å². The van der Waals surface area contributed by atoms with Gasteiger partial charge in [-0.05, 0) is 24.6 Å². The third-order valence-corrected chi connectivity index (χ3v) is 2.66. The third kappa shape index (κ3) is 2.99. The van der Waals surface area contributed by atoms with Crippen molar-refractivity contribution in [1.29, 1.82) is 0 Å². The zero-order valence-electron chi connectivity index (χ0n) is 11.6. The molecule has 0 unspecified atom stereocenters. The molecule has 5 nitrogen and oxygen atoms in total. The monoisotopic (exact) mass is 258 g/mol. The van der Waals surface area contributed by atoms with Crippen molar-refractivity contribution in [2.24, 2.45) is 5.41 Å². The van der Waals surface area contributed by atoms with E-state index in [9.17, 15) is 4.79 Å². The maximum absolute atomic E-state index is 12.0. The molecule has 19 heavy (non-hydrogen) atoms. The second kappa shape index (κ2) is 4.84. The van der Waals surface area contributed by atoms with Crippen LogP contribution in [-0.4, -0.2) is 20.7 Å². The molecule has 0 saturated carbocycles. The molecule has 2 heterocycles. The van der Waals surface area contributed by atoms with Crippen molar-refractivity contribution >= 4 is 11.7 Å². The maximum atomic E-state index is 12.0. The lowest BCUT2D eigenvalue weighted by Crippen LogP contribution is -2.28. The molecule has 0 fully saturated rings. The predicted octanol–water partition coefficient (Wildman–Crippen LogP) is 2.56. The lowest BCUT2D eigenvalue weighted by Gasteiger charge is -2.18. The number of pyridine rings is 1. The number of hydrogen-bond donors (Lipinski definition) is 1. The number of carbonyl (C=O) groups is 1. The first-order valence-corrected chi connectivity index (χ1v) is 6.16. The van der Waals surface area contributed by atoms with E-state index in [-0.39, 0.29) is 5.91 Å². The Morgan fingerprint density at radius 2 is 2.11 bits per heavy atom. The maximum Gasteiger partial charge on any atom is 0.230 e. The average molecular weight is 258 g/mol. The highest BCUT2D eigenvalue weighted by atomic mass is 16.2. The summed E-state index contributed by atoms with van der Waals surface area (Å²) in [6.07, 6.45) is 5.31. The average Bonchev–Trinajstić information content (AvgIpc) is 2.75. The van der Waals surface area contributed by atoms with Gasteiger partial charge in [0.2, 0.25) is 5.91 Å². The van der Waals surface area contributed by atoms with Gasteiger partial charge in [0.1, 0.15) is 5.69 Å². The quantitative estimate of drug-likeness (QED) is 0.900. The summed E-state index contributed by atoms with van der Waals surface area (Å²) in [6.45, 7) is 7.56. The summed E-state index contributed by atoms with van der Waals surface area (Å²) in [7, 11) is 0. The van der Waals surface area contributed by atoms with Gasteiger partial charge >= 0.3 is 0 Å². The van der Waals surface area contributed by atoms with Gasteiger partial charge in [0.05, 0.1) is 6.20 Å². The van der Waals surface area contributed by atoms with E-state index in [4.69, 9.17) is 0 Å². The van der Waals surface area contributed by atoms with Gasteiger partial charge in [0.25, 0.3) is 0 Å². The molecule has 0 aliphatic rings. The van der Waals surface area contributed by atoms with Crippen molar-refractivity contribution in [1.82, 2.24) is 14.8 Å². The summed E-state index contributed by atoms with van der Waals surface area (Å²) < 4.78 is 1.71. The summed E-state index contributed by atoms with van der Waals surface area (Å²) in [4.78, 5) is 16.3. The second-order valence-electron chi connectivity index (χ2n) is 5.54. The Hall–Kier alpha value is -2.17. The van der Waals surface area contributed by atoms with Crippen LogP contribution in [0.25, 0.3) is 5.69 Å². The fourth-order valence-corrected chi connectivity index (χ4v) is 1.52. The number of rotatable bonds is 2. The number of carbonyl (C=O) groups excluding carboxylic acids is 1. The van der Waals surface area contributed by atoms with Crippen LogP contribution in [0, 0.1) is 12.3 Å². The van der Waals surface area contributed by atoms with Crippen LogP contribution in [0.1, 0.15) is 26.3 Å². The van der Waals surface area contributed by atoms with Gasteiger partial charge in [-0.25, -0.2) is 9.67 Å². The Balaban J connectivity index is 2.35. The number of nitrogens with zero attached hydrogens (tertiary/aromatic N) is 3. The molecule has 1 N–H and O–H groups in total. The molecule has 0 aliphatic heterocycles. The summed E-state index contributed by atoms with van der Waals surface area (Å²) in [5.74, 6) is 0.446. The molecule has 0 aliphatic carbocycles. The van der Waals surface area contributed by atoms with Gasteiger partial charge in [-0.2, -0.15) is 5.10 Å². The first kappa shape index (κ1) is 13.3. The Morgan fingerprint density at radius 1 is 1.37 bits per heavy atom. The Bertz CT molecular complexity index is 595. The minimum absolute atomic E-state index is 0.0728. The first-order chi connectivity index (χ1) is 8.88. The minimum atomic E-state index is -0.463. The highest BCUT2D eigenvalue weighted by Crippen LogP contribution is 2.21. The largest absolute Gasteiger partial charge is 0.308 e. The molecular formula is C14H18N4O. The molecule has 2 rings (SSSR count). The molecule has 5 heteroatoms. The van der Waals surface area contributed by atoms with Crippen LogP contribution < -0.4 is 5.32 Å². The zero-order valence-corrected chi connectivity index (χ0v) is 11.6. The van der Waals surface area contributed by atoms with Crippen LogP contribution in [0.15, 0.2) is 30.7 Å². The van der Waals surface area contributed by atoms with Crippen LogP contribution in [-0.2, 0) is 4.79 Å². The van der Waals surface area contributed by atoms with Gasteiger partial charge in [-0.3, -0.25) is 4.79 Å². The predicted molar refractivity (Wildman–Crippen MR) is 74.2 cm³/mol. The molecule has 0 saturated heterocycles. The number of nitrogens with one attached hydrogen (secondary N) is 1. The van der Waals surface area contributed by atoms with Crippen LogP contribution in [0.2, 0.25) is 0 Å². The lowest BCUT2D eigenvalue weighted by molar-refractivity contribution is -0.123. The van der Waals surface area contributed by atoms with E-state index in [1.54, 1.807) is 17.1 Å². The fourth-order valence-electron chi connectivity index (χ4n) is 1.52. The van der Waals surface area contributed by atoms with E-state index in [2.05, 4.69) is 15.4 Å². The van der Waals surface area contributed by atoms with Crippen LogP contribution in [0.5, 0.6) is 0 Å². The van der Waals surface area contributed by atoms with Crippen molar-refractivity contribution < 1.29 is 4.79 Å². The first-order valence-electron chi connectivity index (χ1n) is 6.16. The summed E-state index contributed by atoms with van der Waals surface area (Å²) in [5, 5.41) is 7.09. The van der Waals surface area contributed by atoms with Gasteiger partial charge in [-0.1, -0.05) is 20.8 Å². The summed E-state index contributed by atoms with van der Waals surface area (Å²) in [5.41, 5.74) is 1.35. The molecule has 2 aromatic rings. The standard InChI is InChI=1S/C14H18N4O/c1-10-8-16-18(9-10)11-6-5-7-15-12(11)17-13(19)14(2,3)4/h5-9H,1-4H3,(H,15,17,19). The number of aryl methyl sites for hydroxylation is 1. The molecule has 0 bridgehead atoms. The number of anilines is 1. The highest BCUT2D eigenvalue weighted by molar-refractivity contribution is 5.95. The van der Waals surface area contributed by atoms with Gasteiger partial charge in [0, 0.05) is 17.8 Å². The van der Waals surface area contributed by atoms with E-state index in [0.29, 0.717) is 5.82 Å². The van der Waals surface area contributed by atoms with Gasteiger partial charge in [-0.15, -0.1) is 0 Å². The van der Waals surface area contributed by atoms with Crippen molar-refractivity contribution in [3.05, 3.63) is 36.3 Å². The van der Waals surface area contributed by atoms with Gasteiger partial charge < -0.3 is 5.32 Å². The summed E-state index contributed by atoms with van der Waals surface area (Å²) in [6, 6.07) is 3.69. The molecule has 1 amide bonds. The van der Waals surface area contributed by atoms with E-state index in [1.165, 1.54) is 0 Å². The van der Waals surface area contributed by atoms with Crippen molar-refractivity contribution in [3.63, 3.8) is 0 Å². The Morgan fingerprint density at radius 3 is 2.68 bits per heavy atom. The molecule has 100 valence electrons. The van der Waals surface area contributed by atoms with E-state index < -0.39 is 5.41 Å². The van der Waals surface area contributed by atoms with Crippen LogP contribution >= 0.6 is 0 Å². The molecule has 2 aromatic heterocycles. The number of hydrogen-bond acceptors (Lipinski definition) is 3. The van der Waals surface area contributed by atoms with Crippen molar-refractivity contribution in [2.75, 3.05) is 5.32 Å². The fraction of sp³-hybridized carbons (Fsp3) is 0.357. The van der Waals surface area contributed by atoms with Crippen molar-refractivity contribution in [3.8, 4) is 5.69 Å². The van der Waals surface area contributed by atoms with E-state index in [0.717, 1.165) is 11.3 Å². The minimum Gasteiger partial charge on any atom is -0.308 e. The topological polar surface area (TPSA) is 59.8 Å². The van der Waals surface area contributed by atoms with E-state index >= 15 is 0 Å². The van der Waals surface area contributed by atoms with Crippen LogP contribution in [0.3, 0.4) is 0 Å². The molecule has 0 radical (unpaired) electrons. The third-order valence-electron chi connectivity index (χ3n) is 2.66. The lowest BCUT2D eigenvalue weighted by atomic mass is 9.96. The second-order valence-corrected chi connectivity index (χ2v) is 5.54. The molecule has 0 aromatic carbocycles. The number of amides is 1. The Labute approximate surface area is 112 Å². The SMILES string of the molecule is Cc1cnn(-c2cccnc2NC(=O)C(C)(C)C)c1. The molecule has 0 atom stereocenters. The molecular weight excluding hydrogens is 240 g/mol. The smallest absolute Gasteiger partial charge is 0.230 e. The van der Waals surface area contributed by atoms with Gasteiger partial charge in [0.15, 0.2) is 5.82 Å². The summed E-state index contributed by atoms with van der Waals surface area (Å²) >= 11 is 0. The number of aromatic nitrogens is 3. The van der Waals surface area contributed by atoms with Crippen LogP contribution in [0.4, 0.5) is 5.82 Å². The zero-order chi connectivity index (χ0) is 14.0. The Kier molecular flexibility index (Phi) is 3.38. The van der Waals surface area contributed by atoms with E-state index in [1.807, 2.05) is 46.0 Å². The normalized spacial score (nSPS) is 11.4.